The third kappa shape index (κ3) is 4.22. The number of amides is 3. The minimum Gasteiger partial charge on any atom is -0.337 e. The molecule has 0 aromatic carbocycles. The fourth-order valence-electron chi connectivity index (χ4n) is 2.75. The van der Waals surface area contributed by atoms with E-state index >= 15 is 0 Å². The Morgan fingerprint density at radius 2 is 2.12 bits per heavy atom. The van der Waals surface area contributed by atoms with Gasteiger partial charge in [0.1, 0.15) is 5.71 Å². The van der Waals surface area contributed by atoms with Crippen molar-refractivity contribution in [1.29, 1.82) is 0 Å². The average Bonchev–Trinajstić information content (AvgIpc) is 2.95. The number of thiazole rings is 1. The van der Waals surface area contributed by atoms with Gasteiger partial charge < -0.3 is 4.90 Å². The number of hydrogen-bond acceptors (Lipinski definition) is 6. The van der Waals surface area contributed by atoms with Gasteiger partial charge >= 0.3 is 0 Å². The SMILES string of the molecule is CC(C)CC(=O)N1CCc2nc(NC(=O)C3=NNC(=O)CC3)sc2C1. The molecule has 0 atom stereocenters. The maximum Gasteiger partial charge on any atom is 0.273 e. The van der Waals surface area contributed by atoms with Crippen LogP contribution >= 0.6 is 11.3 Å². The molecule has 25 heavy (non-hydrogen) atoms. The monoisotopic (exact) mass is 363 g/mol. The van der Waals surface area contributed by atoms with Gasteiger partial charge in [-0.05, 0) is 5.92 Å². The molecule has 0 aliphatic carbocycles. The highest BCUT2D eigenvalue weighted by Crippen LogP contribution is 2.29. The first-order chi connectivity index (χ1) is 11.9. The number of nitrogens with one attached hydrogen (secondary N) is 2. The molecule has 0 saturated carbocycles. The summed E-state index contributed by atoms with van der Waals surface area (Å²) in [6.07, 6.45) is 1.82. The zero-order chi connectivity index (χ0) is 18.0. The highest BCUT2D eigenvalue weighted by molar-refractivity contribution is 7.16. The summed E-state index contributed by atoms with van der Waals surface area (Å²) in [5.41, 5.74) is 3.54. The molecule has 0 bridgehead atoms. The van der Waals surface area contributed by atoms with Crippen LogP contribution in [0.2, 0.25) is 0 Å². The highest BCUT2D eigenvalue weighted by atomic mass is 32.1. The van der Waals surface area contributed by atoms with E-state index in [4.69, 9.17) is 0 Å². The van der Waals surface area contributed by atoms with Crippen LogP contribution in [-0.2, 0) is 27.3 Å². The Labute approximate surface area is 149 Å². The fraction of sp³-hybridized carbons (Fsp3) is 0.562. The summed E-state index contributed by atoms with van der Waals surface area (Å²) in [7, 11) is 0. The van der Waals surface area contributed by atoms with Crippen molar-refractivity contribution in [1.82, 2.24) is 15.3 Å². The first kappa shape index (κ1) is 17.5. The summed E-state index contributed by atoms with van der Waals surface area (Å²) in [6.45, 7) is 5.27. The zero-order valence-corrected chi connectivity index (χ0v) is 15.1. The van der Waals surface area contributed by atoms with Crippen molar-refractivity contribution in [3.05, 3.63) is 10.6 Å². The molecule has 0 radical (unpaired) electrons. The van der Waals surface area contributed by atoms with Gasteiger partial charge in [-0.1, -0.05) is 25.2 Å². The van der Waals surface area contributed by atoms with E-state index in [1.54, 1.807) is 0 Å². The maximum absolute atomic E-state index is 12.2. The Kier molecular flexibility index (Phi) is 5.12. The molecular formula is C16H21N5O3S. The van der Waals surface area contributed by atoms with Crippen LogP contribution in [0.4, 0.5) is 5.13 Å². The number of anilines is 1. The number of nitrogens with zero attached hydrogens (tertiary/aromatic N) is 3. The molecule has 2 N–H and O–H groups in total. The summed E-state index contributed by atoms with van der Waals surface area (Å²) in [6, 6.07) is 0. The lowest BCUT2D eigenvalue weighted by Gasteiger charge is -2.26. The van der Waals surface area contributed by atoms with Gasteiger partial charge in [0.25, 0.3) is 5.91 Å². The van der Waals surface area contributed by atoms with Crippen LogP contribution in [0.3, 0.4) is 0 Å². The predicted molar refractivity (Wildman–Crippen MR) is 94.1 cm³/mol. The van der Waals surface area contributed by atoms with E-state index in [0.717, 1.165) is 10.6 Å². The van der Waals surface area contributed by atoms with Crippen molar-refractivity contribution in [3.63, 3.8) is 0 Å². The lowest BCUT2D eigenvalue weighted by Crippen LogP contribution is -2.36. The fourth-order valence-corrected chi connectivity index (χ4v) is 3.77. The molecule has 1 aromatic rings. The first-order valence-electron chi connectivity index (χ1n) is 8.35. The molecule has 2 aliphatic rings. The number of hydrogen-bond donors (Lipinski definition) is 2. The minimum atomic E-state index is -0.348. The van der Waals surface area contributed by atoms with E-state index in [1.165, 1.54) is 11.3 Å². The van der Waals surface area contributed by atoms with Gasteiger partial charge in [0, 0.05) is 37.1 Å². The summed E-state index contributed by atoms with van der Waals surface area (Å²) >= 11 is 1.39. The van der Waals surface area contributed by atoms with E-state index in [-0.39, 0.29) is 24.1 Å². The molecule has 9 heteroatoms. The Balaban J connectivity index is 1.63. The quantitative estimate of drug-likeness (QED) is 0.841. The van der Waals surface area contributed by atoms with E-state index in [2.05, 4.69) is 20.8 Å². The standard InChI is InChI=1S/C16H21N5O3S/c1-9(2)7-14(23)21-6-5-10-12(8-21)25-16(17-10)18-15(24)11-3-4-13(22)20-19-11/h9H,3-8H2,1-2H3,(H,20,22)(H,17,18,24). The van der Waals surface area contributed by atoms with Gasteiger partial charge in [0.05, 0.1) is 12.2 Å². The molecule has 3 heterocycles. The normalized spacial score (nSPS) is 17.0. The molecule has 3 amide bonds. The largest absolute Gasteiger partial charge is 0.337 e. The highest BCUT2D eigenvalue weighted by Gasteiger charge is 2.26. The Morgan fingerprint density at radius 3 is 2.80 bits per heavy atom. The van der Waals surface area contributed by atoms with Gasteiger partial charge in [0.2, 0.25) is 11.8 Å². The van der Waals surface area contributed by atoms with Gasteiger partial charge in [-0.25, -0.2) is 10.4 Å². The molecule has 0 fully saturated rings. The molecule has 1 aromatic heterocycles. The second kappa shape index (κ2) is 7.30. The molecule has 134 valence electrons. The number of rotatable bonds is 4. The molecular weight excluding hydrogens is 342 g/mol. The molecule has 8 nitrogen and oxygen atoms in total. The topological polar surface area (TPSA) is 104 Å². The smallest absolute Gasteiger partial charge is 0.273 e. The Bertz CT molecular complexity index is 740. The van der Waals surface area contributed by atoms with Crippen LogP contribution in [0.25, 0.3) is 0 Å². The lowest BCUT2D eigenvalue weighted by atomic mass is 10.1. The zero-order valence-electron chi connectivity index (χ0n) is 14.3. The van der Waals surface area contributed by atoms with E-state index in [1.807, 2.05) is 18.7 Å². The van der Waals surface area contributed by atoms with Gasteiger partial charge in [-0.3, -0.25) is 19.7 Å². The number of carbonyl (C=O) groups excluding carboxylic acids is 3. The minimum absolute atomic E-state index is 0.159. The van der Waals surface area contributed by atoms with E-state index < -0.39 is 0 Å². The van der Waals surface area contributed by atoms with Crippen molar-refractivity contribution >= 4 is 39.9 Å². The average molecular weight is 363 g/mol. The van der Waals surface area contributed by atoms with Crippen LogP contribution in [0.15, 0.2) is 5.10 Å². The Hall–Kier alpha value is -2.29. The van der Waals surface area contributed by atoms with Crippen LogP contribution in [0, 0.1) is 5.92 Å². The van der Waals surface area contributed by atoms with Crippen molar-refractivity contribution in [2.45, 2.75) is 46.1 Å². The van der Waals surface area contributed by atoms with Crippen molar-refractivity contribution in [2.75, 3.05) is 11.9 Å². The molecule has 0 saturated heterocycles. The van der Waals surface area contributed by atoms with Crippen LogP contribution in [-0.4, -0.2) is 39.9 Å². The Morgan fingerprint density at radius 1 is 1.32 bits per heavy atom. The van der Waals surface area contributed by atoms with Crippen molar-refractivity contribution in [2.24, 2.45) is 11.0 Å². The molecule has 3 rings (SSSR count). The third-order valence-electron chi connectivity index (χ3n) is 4.05. The van der Waals surface area contributed by atoms with Gasteiger partial charge in [-0.2, -0.15) is 5.10 Å². The second-order valence-electron chi connectivity index (χ2n) is 6.60. The number of carbonyl (C=O) groups is 3. The maximum atomic E-state index is 12.2. The molecule has 0 spiro atoms. The van der Waals surface area contributed by atoms with E-state index in [9.17, 15) is 14.4 Å². The summed E-state index contributed by atoms with van der Waals surface area (Å²) < 4.78 is 0. The van der Waals surface area contributed by atoms with Crippen LogP contribution in [0.5, 0.6) is 0 Å². The van der Waals surface area contributed by atoms with Crippen molar-refractivity contribution in [3.8, 4) is 0 Å². The van der Waals surface area contributed by atoms with Gasteiger partial charge in [-0.15, -0.1) is 0 Å². The van der Waals surface area contributed by atoms with Crippen LogP contribution in [0.1, 0.15) is 43.7 Å². The summed E-state index contributed by atoms with van der Waals surface area (Å²) in [5.74, 6) is -0.0415. The number of fused-ring (bicyclic) bond motifs is 1. The summed E-state index contributed by atoms with van der Waals surface area (Å²) in [4.78, 5) is 42.8. The summed E-state index contributed by atoms with van der Waals surface area (Å²) in [5, 5.41) is 7.03. The lowest BCUT2D eigenvalue weighted by molar-refractivity contribution is -0.132. The van der Waals surface area contributed by atoms with Gasteiger partial charge in [0.15, 0.2) is 5.13 Å². The second-order valence-corrected chi connectivity index (χ2v) is 7.68. The number of hydrazone groups is 1. The van der Waals surface area contributed by atoms with Crippen LogP contribution < -0.4 is 10.7 Å². The third-order valence-corrected chi connectivity index (χ3v) is 5.05. The number of aromatic nitrogens is 1. The van der Waals surface area contributed by atoms with E-state index in [0.29, 0.717) is 49.1 Å². The first-order valence-corrected chi connectivity index (χ1v) is 9.17. The molecule has 0 unspecified atom stereocenters. The molecule has 2 aliphatic heterocycles. The predicted octanol–water partition coefficient (Wildman–Crippen LogP) is 1.28. The van der Waals surface area contributed by atoms with Crippen molar-refractivity contribution < 1.29 is 14.4 Å².